The van der Waals surface area contributed by atoms with E-state index in [1.54, 1.807) is 29.5 Å². The van der Waals surface area contributed by atoms with E-state index in [1.165, 1.54) is 0 Å². The molecule has 3 aromatic carbocycles. The van der Waals surface area contributed by atoms with Gasteiger partial charge < -0.3 is 10.1 Å². The topological polar surface area (TPSA) is 63.2 Å². The number of carbonyl (C=O) groups excluding carboxylic acids is 1. The Morgan fingerprint density at radius 1 is 1.07 bits per heavy atom. The first kappa shape index (κ1) is 20.0. The van der Waals surface area contributed by atoms with Gasteiger partial charge in [0, 0.05) is 11.1 Å². The van der Waals surface area contributed by atoms with Crippen LogP contribution in [0.4, 0.5) is 5.69 Å². The van der Waals surface area contributed by atoms with Gasteiger partial charge in [0.1, 0.15) is 10.8 Å². The summed E-state index contributed by atoms with van der Waals surface area (Å²) in [6.07, 6.45) is 0. The molecule has 0 radical (unpaired) electrons. The van der Waals surface area contributed by atoms with Gasteiger partial charge >= 0.3 is 0 Å². The Kier molecular flexibility index (Phi) is 6.02. The molecule has 0 bridgehead atoms. The van der Waals surface area contributed by atoms with Gasteiger partial charge in [0.2, 0.25) is 0 Å². The van der Waals surface area contributed by atoms with Crippen LogP contribution >= 0.6 is 23.6 Å². The highest BCUT2D eigenvalue weighted by atomic mass is 32.1. The molecule has 2 N–H and O–H groups in total. The van der Waals surface area contributed by atoms with Crippen molar-refractivity contribution in [2.24, 2.45) is 0 Å². The molecule has 5 nitrogen and oxygen atoms in total. The van der Waals surface area contributed by atoms with E-state index in [0.717, 1.165) is 26.5 Å². The van der Waals surface area contributed by atoms with E-state index in [9.17, 15) is 4.79 Å². The van der Waals surface area contributed by atoms with Crippen molar-refractivity contribution in [1.82, 2.24) is 10.3 Å². The Balaban J connectivity index is 1.51. The predicted octanol–water partition coefficient (Wildman–Crippen LogP) is 5.49. The van der Waals surface area contributed by atoms with Gasteiger partial charge in [0.15, 0.2) is 5.11 Å². The van der Waals surface area contributed by atoms with Gasteiger partial charge in [-0.1, -0.05) is 30.3 Å². The molecule has 0 aliphatic carbocycles. The second-order valence-corrected chi connectivity index (χ2v) is 7.84. The number of nitrogens with one attached hydrogen (secondary N) is 2. The third-order valence-electron chi connectivity index (χ3n) is 4.33. The molecule has 0 spiro atoms. The van der Waals surface area contributed by atoms with Gasteiger partial charge in [-0.3, -0.25) is 10.1 Å². The van der Waals surface area contributed by atoms with Gasteiger partial charge in [0.05, 0.1) is 22.5 Å². The number of hydrogen-bond donors (Lipinski definition) is 2. The van der Waals surface area contributed by atoms with Gasteiger partial charge in [-0.2, -0.15) is 0 Å². The van der Waals surface area contributed by atoms with Crippen LogP contribution in [0.15, 0.2) is 72.8 Å². The first-order valence-corrected chi connectivity index (χ1v) is 10.7. The van der Waals surface area contributed by atoms with Crippen molar-refractivity contribution in [2.45, 2.75) is 6.92 Å². The number of ether oxygens (including phenoxy) is 1. The molecule has 0 atom stereocenters. The van der Waals surface area contributed by atoms with Crippen LogP contribution in [-0.4, -0.2) is 22.6 Å². The molecular weight excluding hydrogens is 414 g/mol. The third kappa shape index (κ3) is 4.48. The fourth-order valence-corrected chi connectivity index (χ4v) is 4.20. The molecule has 4 rings (SSSR count). The molecule has 1 aromatic heterocycles. The van der Waals surface area contributed by atoms with Crippen LogP contribution in [-0.2, 0) is 0 Å². The van der Waals surface area contributed by atoms with E-state index in [2.05, 4.69) is 10.6 Å². The molecule has 150 valence electrons. The van der Waals surface area contributed by atoms with Crippen molar-refractivity contribution < 1.29 is 9.53 Å². The lowest BCUT2D eigenvalue weighted by atomic mass is 10.2. The first-order valence-electron chi connectivity index (χ1n) is 9.44. The predicted molar refractivity (Wildman–Crippen MR) is 126 cm³/mol. The molecule has 0 unspecified atom stereocenters. The van der Waals surface area contributed by atoms with Crippen LogP contribution in [0.2, 0.25) is 0 Å². The van der Waals surface area contributed by atoms with Crippen molar-refractivity contribution in [2.75, 3.05) is 11.9 Å². The molecule has 0 saturated carbocycles. The van der Waals surface area contributed by atoms with Crippen LogP contribution in [0.3, 0.4) is 0 Å². The maximum atomic E-state index is 12.6. The van der Waals surface area contributed by atoms with E-state index in [1.807, 2.05) is 61.5 Å². The third-order valence-corrected chi connectivity index (χ3v) is 5.61. The summed E-state index contributed by atoms with van der Waals surface area (Å²) in [6.45, 7) is 2.43. The lowest BCUT2D eigenvalue weighted by Gasteiger charge is -2.13. The molecule has 0 fully saturated rings. The Labute approximate surface area is 183 Å². The number of rotatable bonds is 5. The molecule has 30 heavy (non-hydrogen) atoms. The van der Waals surface area contributed by atoms with E-state index in [-0.39, 0.29) is 11.0 Å². The number of thiazole rings is 1. The molecular formula is C23H19N3O2S2. The second kappa shape index (κ2) is 9.02. The minimum atomic E-state index is -0.300. The minimum Gasteiger partial charge on any atom is -0.494 e. The number of para-hydroxylation sites is 2. The quantitative estimate of drug-likeness (QED) is 0.408. The van der Waals surface area contributed by atoms with Crippen LogP contribution in [0.5, 0.6) is 5.75 Å². The van der Waals surface area contributed by atoms with Crippen molar-refractivity contribution in [1.29, 1.82) is 0 Å². The smallest absolute Gasteiger partial charge is 0.257 e. The standard InChI is InChI=1S/C23H19N3O2S2/c1-2-28-16-9-7-8-15(14-16)21(27)26-23(29)25-18-11-4-3-10-17(18)22-24-19-12-5-6-13-20(19)30-22/h3-14H,2H2,1H3,(H2,25,26,27,29). The van der Waals surface area contributed by atoms with Gasteiger partial charge in [-0.05, 0) is 61.6 Å². The van der Waals surface area contributed by atoms with Crippen molar-refractivity contribution in [3.8, 4) is 16.3 Å². The molecule has 0 saturated heterocycles. The zero-order valence-corrected chi connectivity index (χ0v) is 17.8. The van der Waals surface area contributed by atoms with Crippen molar-refractivity contribution in [3.05, 3.63) is 78.4 Å². The number of nitrogens with zero attached hydrogens (tertiary/aromatic N) is 1. The average Bonchev–Trinajstić information content (AvgIpc) is 3.18. The number of amides is 1. The van der Waals surface area contributed by atoms with E-state index in [4.69, 9.17) is 21.9 Å². The molecule has 4 aromatic rings. The summed E-state index contributed by atoms with van der Waals surface area (Å²) in [5.74, 6) is 0.344. The van der Waals surface area contributed by atoms with Crippen LogP contribution in [0, 0.1) is 0 Å². The van der Waals surface area contributed by atoms with E-state index < -0.39 is 0 Å². The number of carbonyl (C=O) groups is 1. The number of aromatic nitrogens is 1. The lowest BCUT2D eigenvalue weighted by molar-refractivity contribution is 0.0977. The summed E-state index contributed by atoms with van der Waals surface area (Å²) in [5.41, 5.74) is 3.14. The number of thiocarbonyl (C=S) groups is 1. The van der Waals surface area contributed by atoms with Crippen LogP contribution in [0.1, 0.15) is 17.3 Å². The van der Waals surface area contributed by atoms with Crippen molar-refractivity contribution >= 4 is 50.5 Å². The first-order chi connectivity index (χ1) is 14.6. The second-order valence-electron chi connectivity index (χ2n) is 6.40. The molecule has 1 heterocycles. The average molecular weight is 434 g/mol. The SMILES string of the molecule is CCOc1cccc(C(=O)NC(=S)Nc2ccccc2-c2nc3ccccc3s2)c1. The summed E-state index contributed by atoms with van der Waals surface area (Å²) in [5, 5.41) is 6.96. The lowest BCUT2D eigenvalue weighted by Crippen LogP contribution is -2.34. The van der Waals surface area contributed by atoms with Gasteiger partial charge in [0.25, 0.3) is 5.91 Å². The monoisotopic (exact) mass is 433 g/mol. The highest BCUT2D eigenvalue weighted by molar-refractivity contribution is 7.80. The fraction of sp³-hybridized carbons (Fsp3) is 0.0870. The highest BCUT2D eigenvalue weighted by Crippen LogP contribution is 2.34. The number of anilines is 1. The maximum absolute atomic E-state index is 12.6. The Morgan fingerprint density at radius 2 is 1.87 bits per heavy atom. The van der Waals surface area contributed by atoms with Crippen molar-refractivity contribution in [3.63, 3.8) is 0 Å². The summed E-state index contributed by atoms with van der Waals surface area (Å²) in [7, 11) is 0. The number of benzene rings is 3. The Bertz CT molecular complexity index is 1190. The molecule has 1 amide bonds. The zero-order valence-electron chi connectivity index (χ0n) is 16.2. The highest BCUT2D eigenvalue weighted by Gasteiger charge is 2.13. The number of hydrogen-bond acceptors (Lipinski definition) is 5. The largest absolute Gasteiger partial charge is 0.494 e. The fourth-order valence-electron chi connectivity index (χ4n) is 2.99. The minimum absolute atomic E-state index is 0.218. The van der Waals surface area contributed by atoms with Gasteiger partial charge in [-0.25, -0.2) is 4.98 Å². The molecule has 0 aliphatic rings. The summed E-state index contributed by atoms with van der Waals surface area (Å²) in [4.78, 5) is 17.3. The van der Waals surface area contributed by atoms with Crippen LogP contribution < -0.4 is 15.4 Å². The summed E-state index contributed by atoms with van der Waals surface area (Å²) in [6, 6.07) is 22.8. The Hall–Kier alpha value is -3.29. The summed E-state index contributed by atoms with van der Waals surface area (Å²) >= 11 is 6.99. The molecule has 0 aliphatic heterocycles. The Morgan fingerprint density at radius 3 is 2.70 bits per heavy atom. The molecule has 7 heteroatoms. The van der Waals surface area contributed by atoms with E-state index >= 15 is 0 Å². The van der Waals surface area contributed by atoms with Crippen LogP contribution in [0.25, 0.3) is 20.8 Å². The normalized spacial score (nSPS) is 10.6. The summed E-state index contributed by atoms with van der Waals surface area (Å²) < 4.78 is 6.57. The maximum Gasteiger partial charge on any atom is 0.257 e. The van der Waals surface area contributed by atoms with Gasteiger partial charge in [-0.15, -0.1) is 11.3 Å². The zero-order chi connectivity index (χ0) is 20.9. The number of fused-ring (bicyclic) bond motifs is 1. The van der Waals surface area contributed by atoms with E-state index in [0.29, 0.717) is 17.9 Å².